The molecule has 1 aromatic heterocycles. The highest BCUT2D eigenvalue weighted by molar-refractivity contribution is 5.73. The van der Waals surface area contributed by atoms with Crippen molar-refractivity contribution in [2.24, 2.45) is 0 Å². The van der Waals surface area contributed by atoms with Crippen LogP contribution in [0.2, 0.25) is 0 Å². The maximum atomic E-state index is 13.5. The number of nitrogens with zero attached hydrogens (tertiary/aromatic N) is 1. The second-order valence-corrected chi connectivity index (χ2v) is 4.77. The summed E-state index contributed by atoms with van der Waals surface area (Å²) in [7, 11) is 1.50. The molecule has 1 unspecified atom stereocenters. The Kier molecular flexibility index (Phi) is 5.87. The summed E-state index contributed by atoms with van der Waals surface area (Å²) in [5.41, 5.74) is 0.863. The molecule has 2 aromatic rings. The number of aliphatic hydroxyl groups excluding tert-OH is 1. The van der Waals surface area contributed by atoms with Crippen LogP contribution in [0.4, 0.5) is 9.18 Å². The lowest BCUT2D eigenvalue weighted by atomic mass is 10.1. The number of aliphatic hydroxyl groups is 1. The fourth-order valence-corrected chi connectivity index (χ4v) is 2.03. The molecule has 0 aliphatic rings. The SMILES string of the molecule is COc1ncccc1CNC(=O)NCC(O)c1ccccc1F. The first-order valence-corrected chi connectivity index (χ1v) is 7.04. The van der Waals surface area contributed by atoms with Gasteiger partial charge in [0, 0.05) is 30.4 Å². The number of ether oxygens (including phenoxy) is 1. The normalized spacial score (nSPS) is 11.6. The van der Waals surface area contributed by atoms with Crippen LogP contribution in [0.25, 0.3) is 0 Å². The van der Waals surface area contributed by atoms with E-state index in [4.69, 9.17) is 4.74 Å². The third kappa shape index (κ3) is 4.65. The van der Waals surface area contributed by atoms with Crippen molar-refractivity contribution in [2.45, 2.75) is 12.6 Å². The number of nitrogens with one attached hydrogen (secondary N) is 2. The average molecular weight is 319 g/mol. The van der Waals surface area contributed by atoms with Crippen LogP contribution in [0.15, 0.2) is 42.6 Å². The van der Waals surface area contributed by atoms with Gasteiger partial charge in [-0.3, -0.25) is 0 Å². The lowest BCUT2D eigenvalue weighted by molar-refractivity contribution is 0.169. The molecule has 0 radical (unpaired) electrons. The van der Waals surface area contributed by atoms with Crippen molar-refractivity contribution < 1.29 is 19.0 Å². The van der Waals surface area contributed by atoms with E-state index in [1.54, 1.807) is 24.4 Å². The van der Waals surface area contributed by atoms with E-state index in [-0.39, 0.29) is 18.7 Å². The van der Waals surface area contributed by atoms with Crippen molar-refractivity contribution in [2.75, 3.05) is 13.7 Å². The summed E-state index contributed by atoms with van der Waals surface area (Å²) < 4.78 is 18.6. The number of rotatable bonds is 6. The molecule has 0 saturated heterocycles. The van der Waals surface area contributed by atoms with Crippen LogP contribution in [0.1, 0.15) is 17.2 Å². The summed E-state index contributed by atoms with van der Waals surface area (Å²) in [4.78, 5) is 15.8. The Bertz CT molecular complexity index is 667. The second kappa shape index (κ2) is 8.09. The van der Waals surface area contributed by atoms with Gasteiger partial charge in [-0.1, -0.05) is 24.3 Å². The molecule has 3 N–H and O–H groups in total. The van der Waals surface area contributed by atoms with E-state index in [2.05, 4.69) is 15.6 Å². The number of carbonyl (C=O) groups excluding carboxylic acids is 1. The van der Waals surface area contributed by atoms with Gasteiger partial charge < -0.3 is 20.5 Å². The average Bonchev–Trinajstić information content (AvgIpc) is 2.58. The van der Waals surface area contributed by atoms with Crippen LogP contribution >= 0.6 is 0 Å². The standard InChI is InChI=1S/C16H18FN3O3/c1-23-15-11(5-4-8-18-15)9-19-16(22)20-10-14(21)12-6-2-3-7-13(12)17/h2-8,14,21H,9-10H2,1H3,(H2,19,20,22). The van der Waals surface area contributed by atoms with Crippen molar-refractivity contribution in [1.29, 1.82) is 0 Å². The van der Waals surface area contributed by atoms with Crippen LogP contribution < -0.4 is 15.4 Å². The Hall–Kier alpha value is -2.67. The van der Waals surface area contributed by atoms with Gasteiger partial charge in [-0.2, -0.15) is 0 Å². The lowest BCUT2D eigenvalue weighted by Gasteiger charge is -2.14. The molecule has 122 valence electrons. The number of hydrogen-bond donors (Lipinski definition) is 3. The van der Waals surface area contributed by atoms with E-state index >= 15 is 0 Å². The number of halogens is 1. The molecule has 23 heavy (non-hydrogen) atoms. The first-order valence-electron chi connectivity index (χ1n) is 7.04. The van der Waals surface area contributed by atoms with Crippen molar-refractivity contribution in [3.63, 3.8) is 0 Å². The van der Waals surface area contributed by atoms with E-state index in [1.165, 1.54) is 25.3 Å². The van der Waals surface area contributed by atoms with Crippen LogP contribution in [0.5, 0.6) is 5.88 Å². The molecule has 6 nitrogen and oxygen atoms in total. The molecular weight excluding hydrogens is 301 g/mol. The topological polar surface area (TPSA) is 83.5 Å². The fourth-order valence-electron chi connectivity index (χ4n) is 2.03. The van der Waals surface area contributed by atoms with Gasteiger partial charge >= 0.3 is 6.03 Å². The van der Waals surface area contributed by atoms with E-state index in [0.717, 1.165) is 5.56 Å². The lowest BCUT2D eigenvalue weighted by Crippen LogP contribution is -2.37. The highest BCUT2D eigenvalue weighted by Gasteiger charge is 2.13. The zero-order valence-corrected chi connectivity index (χ0v) is 12.6. The Labute approximate surface area is 133 Å². The van der Waals surface area contributed by atoms with Gasteiger partial charge in [0.1, 0.15) is 5.82 Å². The van der Waals surface area contributed by atoms with E-state index < -0.39 is 18.0 Å². The minimum Gasteiger partial charge on any atom is -0.481 e. The van der Waals surface area contributed by atoms with Gasteiger partial charge in [-0.05, 0) is 12.1 Å². The number of methoxy groups -OCH3 is 1. The van der Waals surface area contributed by atoms with Gasteiger partial charge in [0.15, 0.2) is 0 Å². The summed E-state index contributed by atoms with van der Waals surface area (Å²) in [5.74, 6) is -0.0819. The molecule has 2 amide bonds. The van der Waals surface area contributed by atoms with E-state index in [0.29, 0.717) is 5.88 Å². The molecule has 0 fully saturated rings. The third-order valence-electron chi connectivity index (χ3n) is 3.20. The fraction of sp³-hybridized carbons (Fsp3) is 0.250. The molecule has 1 aromatic carbocycles. The maximum absolute atomic E-state index is 13.5. The minimum atomic E-state index is -1.12. The quantitative estimate of drug-likeness (QED) is 0.757. The number of benzene rings is 1. The number of aromatic nitrogens is 1. The molecular formula is C16H18FN3O3. The molecule has 0 aliphatic heterocycles. The summed E-state index contributed by atoms with van der Waals surface area (Å²) in [6.07, 6.45) is 0.475. The molecule has 1 atom stereocenters. The van der Waals surface area contributed by atoms with E-state index in [9.17, 15) is 14.3 Å². The molecule has 1 heterocycles. The Balaban J connectivity index is 1.82. The molecule has 2 rings (SSSR count). The summed E-state index contributed by atoms with van der Waals surface area (Å²) in [6.45, 7) is 0.121. The maximum Gasteiger partial charge on any atom is 0.315 e. The predicted molar refractivity (Wildman–Crippen MR) is 82.4 cm³/mol. The van der Waals surface area contributed by atoms with Gasteiger partial charge in [-0.25, -0.2) is 14.2 Å². The van der Waals surface area contributed by atoms with Gasteiger partial charge in [0.05, 0.1) is 13.2 Å². The van der Waals surface area contributed by atoms with Crippen LogP contribution in [-0.2, 0) is 6.54 Å². The Morgan fingerprint density at radius 3 is 2.83 bits per heavy atom. The molecule has 0 bridgehead atoms. The van der Waals surface area contributed by atoms with Gasteiger partial charge in [0.25, 0.3) is 0 Å². The first kappa shape index (κ1) is 16.7. The van der Waals surface area contributed by atoms with Crippen molar-refractivity contribution in [1.82, 2.24) is 15.6 Å². The van der Waals surface area contributed by atoms with Crippen molar-refractivity contribution >= 4 is 6.03 Å². The number of carbonyl (C=O) groups is 1. The predicted octanol–water partition coefficient (Wildman–Crippen LogP) is 1.76. The second-order valence-electron chi connectivity index (χ2n) is 4.77. The highest BCUT2D eigenvalue weighted by atomic mass is 19.1. The molecule has 0 saturated carbocycles. The molecule has 0 spiro atoms. The largest absolute Gasteiger partial charge is 0.481 e. The first-order chi connectivity index (χ1) is 11.1. The van der Waals surface area contributed by atoms with Crippen molar-refractivity contribution in [3.8, 4) is 5.88 Å². The zero-order valence-electron chi connectivity index (χ0n) is 12.6. The van der Waals surface area contributed by atoms with Gasteiger partial charge in [0.2, 0.25) is 5.88 Å². The number of hydrogen-bond acceptors (Lipinski definition) is 4. The summed E-state index contributed by atoms with van der Waals surface area (Å²) >= 11 is 0. The van der Waals surface area contributed by atoms with Gasteiger partial charge in [-0.15, -0.1) is 0 Å². The summed E-state index contributed by atoms with van der Waals surface area (Å²) in [6, 6.07) is 8.92. The highest BCUT2D eigenvalue weighted by Crippen LogP contribution is 2.15. The zero-order chi connectivity index (χ0) is 16.7. The third-order valence-corrected chi connectivity index (χ3v) is 3.20. The summed E-state index contributed by atoms with van der Waals surface area (Å²) in [5, 5.41) is 15.0. The monoisotopic (exact) mass is 319 g/mol. The molecule has 7 heteroatoms. The van der Waals surface area contributed by atoms with Crippen LogP contribution in [0, 0.1) is 5.82 Å². The minimum absolute atomic E-state index is 0.100. The Morgan fingerprint density at radius 2 is 2.09 bits per heavy atom. The van der Waals surface area contributed by atoms with Crippen molar-refractivity contribution in [3.05, 3.63) is 59.5 Å². The van der Waals surface area contributed by atoms with Crippen LogP contribution in [-0.4, -0.2) is 29.8 Å². The Morgan fingerprint density at radius 1 is 1.30 bits per heavy atom. The number of amides is 2. The molecule has 0 aliphatic carbocycles. The van der Waals surface area contributed by atoms with E-state index in [1.807, 2.05) is 0 Å². The number of urea groups is 1. The van der Waals surface area contributed by atoms with Crippen LogP contribution in [0.3, 0.4) is 0 Å². The smallest absolute Gasteiger partial charge is 0.315 e. The number of pyridine rings is 1.